The molecule has 2 atom stereocenters. The van der Waals surface area contributed by atoms with Crippen molar-refractivity contribution in [3.63, 3.8) is 0 Å². The summed E-state index contributed by atoms with van der Waals surface area (Å²) < 4.78 is 20.2. The summed E-state index contributed by atoms with van der Waals surface area (Å²) in [5.41, 5.74) is 2.49. The summed E-state index contributed by atoms with van der Waals surface area (Å²) in [6.07, 6.45) is 3.77. The topological polar surface area (TPSA) is 109 Å². The maximum absolute atomic E-state index is 14.7. The van der Waals surface area contributed by atoms with Gasteiger partial charge in [0.1, 0.15) is 31.2 Å². The minimum atomic E-state index is -1.82. The molecule has 2 unspecified atom stereocenters. The summed E-state index contributed by atoms with van der Waals surface area (Å²) in [4.78, 5) is 44.9. The molecule has 1 aromatic rings. The first-order valence-corrected chi connectivity index (χ1v) is 11.7. The summed E-state index contributed by atoms with van der Waals surface area (Å²) in [6.45, 7) is 1.74. The highest BCUT2D eigenvalue weighted by molar-refractivity contribution is 6.08. The summed E-state index contributed by atoms with van der Waals surface area (Å²) in [5.74, 6) is 4.86. The van der Waals surface area contributed by atoms with Gasteiger partial charge in [0.25, 0.3) is 0 Å². The zero-order chi connectivity index (χ0) is 26.1. The average Bonchev–Trinajstić information content (AvgIpc) is 3.45. The van der Waals surface area contributed by atoms with Gasteiger partial charge < -0.3 is 24.5 Å². The van der Waals surface area contributed by atoms with E-state index >= 15 is 0 Å². The number of hydrogen-bond donors (Lipinski definition) is 1. The molecule has 0 aliphatic carbocycles. The number of allylic oxidation sites excluding steroid dienone is 1. The first kappa shape index (κ1) is 23.0. The van der Waals surface area contributed by atoms with E-state index in [2.05, 4.69) is 5.16 Å². The van der Waals surface area contributed by atoms with Crippen LogP contribution in [0.3, 0.4) is 0 Å². The molecule has 10 heteroatoms. The van der Waals surface area contributed by atoms with Crippen molar-refractivity contribution >= 4 is 35.3 Å². The molecule has 6 rings (SSSR count). The molecule has 5 aliphatic heterocycles. The fraction of sp³-hybridized carbons (Fsp3) is 0.296. The molecule has 5 heterocycles. The van der Waals surface area contributed by atoms with Crippen LogP contribution >= 0.6 is 0 Å². The van der Waals surface area contributed by atoms with Gasteiger partial charge in [-0.15, -0.1) is 0 Å². The number of hydrogen-bond acceptors (Lipinski definition) is 9. The van der Waals surface area contributed by atoms with Gasteiger partial charge in [-0.05, 0) is 30.2 Å². The molecule has 9 nitrogen and oxygen atoms in total. The van der Waals surface area contributed by atoms with Gasteiger partial charge in [0.2, 0.25) is 5.76 Å². The summed E-state index contributed by atoms with van der Waals surface area (Å²) in [7, 11) is 1.43. The van der Waals surface area contributed by atoms with E-state index in [9.17, 15) is 23.9 Å². The fourth-order valence-corrected chi connectivity index (χ4v) is 6.01. The minimum absolute atomic E-state index is 0.0771. The number of nitrogens with zero attached hydrogens (tertiary/aromatic N) is 3. The van der Waals surface area contributed by atoms with E-state index in [-0.39, 0.29) is 42.6 Å². The molecule has 1 aromatic carbocycles. The van der Waals surface area contributed by atoms with Crippen molar-refractivity contribution in [3.05, 3.63) is 74.7 Å². The van der Waals surface area contributed by atoms with Crippen LogP contribution in [0, 0.1) is 5.82 Å². The van der Waals surface area contributed by atoms with E-state index < -0.39 is 11.4 Å². The lowest BCUT2D eigenvalue weighted by Gasteiger charge is -2.39. The van der Waals surface area contributed by atoms with E-state index in [0.29, 0.717) is 51.3 Å². The summed E-state index contributed by atoms with van der Waals surface area (Å²) in [5, 5.41) is 15.4. The van der Waals surface area contributed by atoms with Gasteiger partial charge in [-0.3, -0.25) is 0 Å². The Labute approximate surface area is 210 Å². The Kier molecular flexibility index (Phi) is 4.99. The van der Waals surface area contributed by atoms with Crippen LogP contribution < -0.4 is 4.90 Å². The van der Waals surface area contributed by atoms with Gasteiger partial charge >= 0.3 is 0 Å². The van der Waals surface area contributed by atoms with Gasteiger partial charge in [-0.25, -0.2) is 18.8 Å². The van der Waals surface area contributed by atoms with Gasteiger partial charge in [0.05, 0.1) is 35.8 Å². The molecule has 186 valence electrons. The molecule has 0 amide bonds. The van der Waals surface area contributed by atoms with Crippen molar-refractivity contribution in [1.29, 1.82) is 0 Å². The monoisotopic (exact) mass is 501 g/mol. The van der Waals surface area contributed by atoms with Crippen LogP contribution in [-0.4, -0.2) is 65.9 Å². The van der Waals surface area contributed by atoms with E-state index in [1.54, 1.807) is 30.1 Å². The molecule has 0 fully saturated rings. The fourth-order valence-electron chi connectivity index (χ4n) is 6.01. The second-order valence-corrected chi connectivity index (χ2v) is 9.23. The Morgan fingerprint density at radius 2 is 2.11 bits per heavy atom. The molecule has 37 heavy (non-hydrogen) atoms. The normalized spacial score (nSPS) is 25.2. The van der Waals surface area contributed by atoms with Crippen LogP contribution in [0.4, 0.5) is 10.1 Å². The zero-order valence-electron chi connectivity index (χ0n) is 19.9. The lowest BCUT2D eigenvalue weighted by atomic mass is 9.79. The number of carbonyl (C=O) groups excluding carboxylic acids is 3. The standard InChI is InChI=1S/C27H20FN3O6/c1-3-27(35)20-7-21-25-18(10-32)17-6-15(28)4-14-5-16(8-29-36-2)31(26(14)17)22(25)9-30(21)23(11-33)19(20)13-37-24(27)12-34/h4,6-8,16,35H,3,5,9,13H2,1-2H3/b29-8+. The van der Waals surface area contributed by atoms with Gasteiger partial charge in [-0.1, -0.05) is 12.1 Å². The Hall–Kier alpha value is -4.45. The lowest BCUT2D eigenvalue weighted by Crippen LogP contribution is -2.42. The largest absolute Gasteiger partial charge is 0.479 e. The van der Waals surface area contributed by atoms with Crippen LogP contribution in [-0.2, 0) is 30.4 Å². The lowest BCUT2D eigenvalue weighted by molar-refractivity contribution is 0.0311. The zero-order valence-corrected chi connectivity index (χ0v) is 19.9. The molecule has 1 N–H and O–H groups in total. The first-order valence-electron chi connectivity index (χ1n) is 11.7. The van der Waals surface area contributed by atoms with Gasteiger partial charge in [0.15, 0.2) is 17.5 Å². The highest BCUT2D eigenvalue weighted by atomic mass is 19.1. The third kappa shape index (κ3) is 2.90. The highest BCUT2D eigenvalue weighted by Gasteiger charge is 2.51. The smallest absolute Gasteiger partial charge is 0.216 e. The number of rotatable bonds is 3. The number of halogens is 1. The summed E-state index contributed by atoms with van der Waals surface area (Å²) >= 11 is 0. The Morgan fingerprint density at radius 1 is 1.30 bits per heavy atom. The Balaban J connectivity index is 1.62. The van der Waals surface area contributed by atoms with E-state index in [1.165, 1.54) is 19.2 Å². The van der Waals surface area contributed by atoms with Crippen LogP contribution in [0.1, 0.15) is 24.5 Å². The molecular weight excluding hydrogens is 481 g/mol. The van der Waals surface area contributed by atoms with Crippen molar-refractivity contribution in [1.82, 2.24) is 4.90 Å². The molecule has 0 saturated heterocycles. The van der Waals surface area contributed by atoms with Crippen molar-refractivity contribution in [3.8, 4) is 0 Å². The van der Waals surface area contributed by atoms with Crippen molar-refractivity contribution < 1.29 is 33.5 Å². The SMILES string of the molecule is CCC1(O)C(=C=O)OCC2=C1C=C1C3=C(CN1C2=C=O)N1c2c(cc(F)cc2C3=C=O)CC1/C=N/OC. The number of ether oxygens (including phenoxy) is 1. The van der Waals surface area contributed by atoms with Gasteiger partial charge in [-0.2, -0.15) is 0 Å². The van der Waals surface area contributed by atoms with E-state index in [4.69, 9.17) is 9.57 Å². The number of fused-ring (bicyclic) bond motifs is 3. The second kappa shape index (κ2) is 8.03. The number of benzene rings is 1. The number of anilines is 1. The average molecular weight is 501 g/mol. The second-order valence-electron chi connectivity index (χ2n) is 9.23. The maximum Gasteiger partial charge on any atom is 0.216 e. The molecule has 5 aliphatic rings. The molecule has 0 spiro atoms. The van der Waals surface area contributed by atoms with Crippen LogP contribution in [0.25, 0.3) is 5.57 Å². The predicted octanol–water partition coefficient (Wildman–Crippen LogP) is 1.78. The minimum Gasteiger partial charge on any atom is -0.479 e. The van der Waals surface area contributed by atoms with Crippen molar-refractivity contribution in [2.24, 2.45) is 5.16 Å². The van der Waals surface area contributed by atoms with Crippen LogP contribution in [0.15, 0.2) is 62.9 Å². The van der Waals surface area contributed by atoms with Crippen molar-refractivity contribution in [2.45, 2.75) is 31.4 Å². The Morgan fingerprint density at radius 3 is 2.78 bits per heavy atom. The van der Waals surface area contributed by atoms with Crippen molar-refractivity contribution in [2.75, 3.05) is 25.2 Å². The predicted molar refractivity (Wildman–Crippen MR) is 129 cm³/mol. The molecule has 0 saturated carbocycles. The van der Waals surface area contributed by atoms with Gasteiger partial charge in [0, 0.05) is 34.4 Å². The third-order valence-corrected chi connectivity index (χ3v) is 7.59. The molecule has 0 bridgehead atoms. The van der Waals surface area contributed by atoms with E-state index in [1.807, 2.05) is 16.8 Å². The summed E-state index contributed by atoms with van der Waals surface area (Å²) in [6, 6.07) is 2.40. The molecular formula is C27H20FN3O6. The van der Waals surface area contributed by atoms with Crippen LogP contribution in [0.2, 0.25) is 0 Å². The van der Waals surface area contributed by atoms with E-state index in [0.717, 1.165) is 0 Å². The number of oxime groups is 1. The quantitative estimate of drug-likeness (QED) is 0.380. The molecule has 0 radical (unpaired) electrons. The third-order valence-electron chi connectivity index (χ3n) is 7.59. The first-order chi connectivity index (χ1) is 17.9. The van der Waals surface area contributed by atoms with Crippen LogP contribution in [0.5, 0.6) is 0 Å². The maximum atomic E-state index is 14.7. The molecule has 0 aromatic heterocycles. The Bertz CT molecular complexity index is 1570. The highest BCUT2D eigenvalue weighted by Crippen LogP contribution is 2.55. The number of aliphatic hydroxyl groups is 1.